The third kappa shape index (κ3) is 1.75. The highest BCUT2D eigenvalue weighted by Gasteiger charge is 2.42. The van der Waals surface area contributed by atoms with Crippen LogP contribution in [0.25, 0.3) is 0 Å². The van der Waals surface area contributed by atoms with Crippen molar-refractivity contribution in [3.05, 3.63) is 29.8 Å². The number of hydrogen-bond acceptors (Lipinski definition) is 3. The fourth-order valence-electron chi connectivity index (χ4n) is 1.11. The van der Waals surface area contributed by atoms with Crippen LogP contribution in [0.3, 0.4) is 0 Å². The summed E-state index contributed by atoms with van der Waals surface area (Å²) in [5.41, 5.74) is 1.16. The molecule has 2 rings (SSSR count). The molecule has 0 bridgehead atoms. The summed E-state index contributed by atoms with van der Waals surface area (Å²) in [6.07, 6.45) is 0. The molecule has 0 aliphatic carbocycles. The van der Waals surface area contributed by atoms with E-state index in [1.807, 2.05) is 31.2 Å². The molecule has 1 N–H and O–H groups in total. The molecule has 1 aromatic rings. The van der Waals surface area contributed by atoms with E-state index in [-0.39, 0.29) is 5.91 Å². The first kappa shape index (κ1) is 9.51. The van der Waals surface area contributed by atoms with Gasteiger partial charge in [-0.1, -0.05) is 26.4 Å². The van der Waals surface area contributed by atoms with Crippen LogP contribution in [0.2, 0.25) is 0 Å². The summed E-state index contributed by atoms with van der Waals surface area (Å²) in [6, 6.07) is 7.70. The van der Waals surface area contributed by atoms with Crippen LogP contribution in [0.1, 0.15) is 12.5 Å². The molecule has 0 aromatic heterocycles. The Kier molecular flexibility index (Phi) is 2.22. The van der Waals surface area contributed by atoms with Gasteiger partial charge < -0.3 is 0 Å². The van der Waals surface area contributed by atoms with Gasteiger partial charge in [-0.15, -0.1) is 0 Å². The quantitative estimate of drug-likeness (QED) is 0.604. The van der Waals surface area contributed by atoms with E-state index in [4.69, 9.17) is 8.67 Å². The van der Waals surface area contributed by atoms with E-state index in [9.17, 15) is 4.79 Å². The topological polar surface area (TPSA) is 54.2 Å². The molecule has 4 nitrogen and oxygen atoms in total. The number of amides is 1. The number of benzene rings is 1. The molecule has 76 valence electrons. The van der Waals surface area contributed by atoms with Crippen molar-refractivity contribution in [3.63, 3.8) is 0 Å². The third-order valence-corrected chi connectivity index (χ3v) is 3.67. The highest BCUT2D eigenvalue weighted by Crippen LogP contribution is 2.68. The first-order valence-corrected chi connectivity index (χ1v) is 5.67. The molecule has 1 amide bonds. The van der Waals surface area contributed by atoms with Gasteiger partial charge in [0.15, 0.2) is 0 Å². The molecule has 5 heteroatoms. The first-order chi connectivity index (χ1) is 6.62. The molecule has 1 fully saturated rings. The van der Waals surface area contributed by atoms with E-state index in [1.54, 1.807) is 0 Å². The molecule has 0 saturated carbocycles. The number of carbonyl (C=O) groups is 1. The zero-order chi connectivity index (χ0) is 10.2. The molecular formula is C9H11NO3S. The summed E-state index contributed by atoms with van der Waals surface area (Å²) in [4.78, 5) is 11.8. The average molecular weight is 213 g/mol. The van der Waals surface area contributed by atoms with Gasteiger partial charge in [-0.3, -0.25) is 4.79 Å². The lowest BCUT2D eigenvalue weighted by atomic mass is 10.2. The summed E-state index contributed by atoms with van der Waals surface area (Å²) in [5, 5.41) is 0. The summed E-state index contributed by atoms with van der Waals surface area (Å²) < 4.78 is 12.4. The Labute approximate surface area is 84.0 Å². The molecule has 1 saturated heterocycles. The summed E-state index contributed by atoms with van der Waals surface area (Å²) in [7, 11) is -1.93. The highest BCUT2D eigenvalue weighted by molar-refractivity contribution is 8.28. The monoisotopic (exact) mass is 213 g/mol. The lowest BCUT2D eigenvalue weighted by Crippen LogP contribution is -2.17. The van der Waals surface area contributed by atoms with Crippen molar-refractivity contribution in [1.29, 1.82) is 0 Å². The van der Waals surface area contributed by atoms with Gasteiger partial charge in [0, 0.05) is 6.92 Å². The van der Waals surface area contributed by atoms with E-state index in [2.05, 4.69) is 4.72 Å². The van der Waals surface area contributed by atoms with Gasteiger partial charge in [0.2, 0.25) is 5.91 Å². The first-order valence-electron chi connectivity index (χ1n) is 4.18. The Bertz CT molecular complexity index is 359. The lowest BCUT2D eigenvalue weighted by Gasteiger charge is -2.15. The van der Waals surface area contributed by atoms with Crippen molar-refractivity contribution in [3.8, 4) is 0 Å². The lowest BCUT2D eigenvalue weighted by molar-refractivity contribution is -0.117. The van der Waals surface area contributed by atoms with E-state index >= 15 is 0 Å². The molecule has 1 aliphatic heterocycles. The van der Waals surface area contributed by atoms with Crippen LogP contribution in [0.15, 0.2) is 29.2 Å². The van der Waals surface area contributed by atoms with Crippen LogP contribution < -0.4 is 4.72 Å². The molecular weight excluding hydrogens is 202 g/mol. The maximum atomic E-state index is 10.9. The van der Waals surface area contributed by atoms with Crippen molar-refractivity contribution in [1.82, 2.24) is 4.72 Å². The van der Waals surface area contributed by atoms with Crippen LogP contribution in [0.5, 0.6) is 0 Å². The average Bonchev–Trinajstić information content (AvgIpc) is 2.85. The van der Waals surface area contributed by atoms with E-state index in [0.29, 0.717) is 0 Å². The predicted octanol–water partition coefficient (Wildman–Crippen LogP) is 2.00. The maximum Gasteiger partial charge on any atom is 0.235 e. The number of nitrogens with one attached hydrogen (secondary N) is 1. The molecule has 1 aromatic carbocycles. The van der Waals surface area contributed by atoms with Gasteiger partial charge in [-0.25, -0.2) is 4.72 Å². The maximum absolute atomic E-state index is 10.9. The Balaban J connectivity index is 2.22. The predicted molar refractivity (Wildman–Crippen MR) is 53.0 cm³/mol. The minimum atomic E-state index is -1.93. The van der Waals surface area contributed by atoms with Gasteiger partial charge >= 0.3 is 0 Å². The molecule has 0 radical (unpaired) electrons. The minimum absolute atomic E-state index is 0.155. The van der Waals surface area contributed by atoms with Gasteiger partial charge in [0.1, 0.15) is 0 Å². The van der Waals surface area contributed by atoms with Crippen LogP contribution >= 0.6 is 10.8 Å². The molecule has 0 spiro atoms. The Hall–Kier alpha value is -1.04. The Morgan fingerprint density at radius 2 is 1.86 bits per heavy atom. The molecule has 1 heterocycles. The summed E-state index contributed by atoms with van der Waals surface area (Å²) in [6.45, 7) is 3.44. The molecule has 1 aliphatic rings. The number of aryl methyl sites for hydroxylation is 1. The van der Waals surface area contributed by atoms with Gasteiger partial charge in [0.25, 0.3) is 0 Å². The van der Waals surface area contributed by atoms with Crippen LogP contribution in [0.4, 0.5) is 0 Å². The third-order valence-electron chi connectivity index (χ3n) is 1.81. The zero-order valence-electron chi connectivity index (χ0n) is 7.94. The minimum Gasteiger partial charge on any atom is -0.274 e. The fraction of sp³-hybridized carbons (Fsp3) is 0.222. The van der Waals surface area contributed by atoms with Gasteiger partial charge in [-0.2, -0.15) is 0 Å². The van der Waals surface area contributed by atoms with Crippen molar-refractivity contribution in [2.45, 2.75) is 18.7 Å². The van der Waals surface area contributed by atoms with Crippen LogP contribution in [-0.2, 0) is 13.5 Å². The molecule has 0 atom stereocenters. The second-order valence-corrected chi connectivity index (χ2v) is 5.07. The van der Waals surface area contributed by atoms with Gasteiger partial charge in [-0.05, 0) is 29.8 Å². The Morgan fingerprint density at radius 3 is 2.29 bits per heavy atom. The number of rotatable bonds is 2. The zero-order valence-corrected chi connectivity index (χ0v) is 8.76. The van der Waals surface area contributed by atoms with Crippen LogP contribution in [-0.4, -0.2) is 5.91 Å². The van der Waals surface area contributed by atoms with Crippen molar-refractivity contribution in [2.75, 3.05) is 0 Å². The molecule has 0 unspecified atom stereocenters. The number of carbonyl (C=O) groups excluding carboxylic acids is 1. The smallest absolute Gasteiger partial charge is 0.235 e. The van der Waals surface area contributed by atoms with Crippen molar-refractivity contribution >= 4 is 16.7 Å². The van der Waals surface area contributed by atoms with E-state index in [1.165, 1.54) is 6.92 Å². The van der Waals surface area contributed by atoms with E-state index in [0.717, 1.165) is 10.5 Å². The van der Waals surface area contributed by atoms with Gasteiger partial charge in [0.05, 0.1) is 4.90 Å². The fourth-order valence-corrected chi connectivity index (χ4v) is 2.54. The van der Waals surface area contributed by atoms with Crippen molar-refractivity contribution in [2.24, 2.45) is 0 Å². The Morgan fingerprint density at radius 1 is 1.29 bits per heavy atom. The van der Waals surface area contributed by atoms with Crippen molar-refractivity contribution < 1.29 is 13.5 Å². The highest BCUT2D eigenvalue weighted by atomic mass is 32.3. The largest absolute Gasteiger partial charge is 0.274 e. The molecule has 14 heavy (non-hydrogen) atoms. The number of hydrogen-bond donors (Lipinski definition) is 1. The van der Waals surface area contributed by atoms with E-state index < -0.39 is 10.8 Å². The standard InChI is InChI=1S/C9H11NO3S/c1-7-3-5-9(6-4-7)14(12-13-14)10-8(2)11/h3-6H,1-2H3,(H,10,11). The normalized spacial score (nSPS) is 19.9. The summed E-state index contributed by atoms with van der Waals surface area (Å²) in [5.74, 6) is -0.155. The second kappa shape index (κ2) is 3.27. The van der Waals surface area contributed by atoms with Crippen LogP contribution in [0, 0.1) is 6.92 Å². The second-order valence-electron chi connectivity index (χ2n) is 3.11. The SMILES string of the molecule is CC(=O)NS1(c2ccc(C)cc2)OO1. The summed E-state index contributed by atoms with van der Waals surface area (Å²) >= 11 is 0.